The molecule has 0 spiro atoms. The molecule has 0 heterocycles. The SMILES string of the molecule is CCCCCCC/C=C\C/C=C\C/C=C\CCCCCCCCCCCCCCCCCCCCCCCCCCC(=O)OC(COC(=O)CCCCCCCCCCCCCCCCCCCCCCCCCCCCCCCCCCCCCC)COC(OCC[N+](C)(C)C)C(=O)O. The molecule has 0 saturated heterocycles. The van der Waals surface area contributed by atoms with E-state index < -0.39 is 18.4 Å². The van der Waals surface area contributed by atoms with E-state index in [4.69, 9.17) is 18.9 Å². The summed E-state index contributed by atoms with van der Waals surface area (Å²) in [5.41, 5.74) is 0. The zero-order chi connectivity index (χ0) is 72.5. The van der Waals surface area contributed by atoms with E-state index in [2.05, 4.69) is 50.3 Å². The maximum atomic E-state index is 13.0. The Morgan fingerprint density at radius 2 is 0.540 bits per heavy atom. The second-order valence-electron chi connectivity index (χ2n) is 31.9. The lowest BCUT2D eigenvalue weighted by Crippen LogP contribution is -2.40. The van der Waals surface area contributed by atoms with Crippen molar-refractivity contribution < 1.29 is 42.9 Å². The molecule has 9 nitrogen and oxygen atoms in total. The van der Waals surface area contributed by atoms with Crippen molar-refractivity contribution in [3.8, 4) is 0 Å². The molecule has 0 aromatic rings. The lowest BCUT2D eigenvalue weighted by atomic mass is 10.0. The quantitative estimate of drug-likeness (QED) is 0.0211. The van der Waals surface area contributed by atoms with Gasteiger partial charge in [0.05, 0.1) is 34.4 Å². The fourth-order valence-electron chi connectivity index (χ4n) is 13.9. The smallest absolute Gasteiger partial charge is 0.361 e. The predicted octanol–water partition coefficient (Wildman–Crippen LogP) is 29.0. The number of carbonyl (C=O) groups is 3. The topological polar surface area (TPSA) is 108 Å². The highest BCUT2D eigenvalue weighted by atomic mass is 16.7. The molecule has 0 aliphatic rings. The molecule has 0 saturated carbocycles. The molecule has 0 radical (unpaired) electrons. The van der Waals surface area contributed by atoms with Crippen LogP contribution >= 0.6 is 0 Å². The molecule has 0 aliphatic heterocycles. The summed E-state index contributed by atoms with van der Waals surface area (Å²) in [6.07, 6.45) is 105. The maximum Gasteiger partial charge on any atom is 0.361 e. The van der Waals surface area contributed by atoms with Crippen LogP contribution in [-0.4, -0.2) is 87.4 Å². The molecule has 0 aromatic heterocycles. The van der Waals surface area contributed by atoms with Crippen molar-refractivity contribution in [3.63, 3.8) is 0 Å². The van der Waals surface area contributed by atoms with Gasteiger partial charge in [0.25, 0.3) is 6.29 Å². The van der Waals surface area contributed by atoms with Crippen molar-refractivity contribution in [1.82, 2.24) is 0 Å². The third-order valence-corrected chi connectivity index (χ3v) is 20.6. The number of hydrogen-bond donors (Lipinski definition) is 1. The third-order valence-electron chi connectivity index (χ3n) is 20.6. The number of aliphatic carboxylic acids is 1. The largest absolute Gasteiger partial charge is 0.477 e. The number of carbonyl (C=O) groups excluding carboxylic acids is 2. The maximum absolute atomic E-state index is 13.0. The minimum Gasteiger partial charge on any atom is -0.477 e. The molecule has 0 bridgehead atoms. The number of quaternary nitrogens is 1. The number of rotatable bonds is 85. The van der Waals surface area contributed by atoms with Gasteiger partial charge in [0.15, 0.2) is 6.10 Å². The number of unbranched alkanes of at least 4 members (excludes halogenated alkanes) is 64. The number of carboxylic acids is 1. The molecule has 0 aliphatic carbocycles. The number of allylic oxidation sites excluding steroid dienone is 6. The highest BCUT2D eigenvalue weighted by Gasteiger charge is 2.25. The molecule has 0 aromatic carbocycles. The minimum absolute atomic E-state index is 0.174. The Labute approximate surface area is 623 Å². The highest BCUT2D eigenvalue weighted by Crippen LogP contribution is 2.21. The van der Waals surface area contributed by atoms with Gasteiger partial charge in [0, 0.05) is 12.8 Å². The van der Waals surface area contributed by atoms with Gasteiger partial charge in [-0.2, -0.15) is 0 Å². The summed E-state index contributed by atoms with van der Waals surface area (Å²) in [5.74, 6) is -1.96. The van der Waals surface area contributed by atoms with Gasteiger partial charge >= 0.3 is 17.9 Å². The van der Waals surface area contributed by atoms with Crippen LogP contribution in [0.5, 0.6) is 0 Å². The highest BCUT2D eigenvalue weighted by molar-refractivity contribution is 5.71. The van der Waals surface area contributed by atoms with E-state index in [1.165, 1.54) is 392 Å². The molecule has 2 atom stereocenters. The van der Waals surface area contributed by atoms with Crippen molar-refractivity contribution in [3.05, 3.63) is 36.5 Å². The van der Waals surface area contributed by atoms with Gasteiger partial charge in [-0.15, -0.1) is 0 Å². The number of esters is 2. The van der Waals surface area contributed by atoms with Gasteiger partial charge in [0.1, 0.15) is 13.2 Å². The van der Waals surface area contributed by atoms with E-state index >= 15 is 0 Å². The lowest BCUT2D eigenvalue weighted by Gasteiger charge is -2.25. The monoisotopic (exact) mass is 1410 g/mol. The Balaban J connectivity index is 3.90. The van der Waals surface area contributed by atoms with E-state index in [1.54, 1.807) is 0 Å². The molecular formula is C91H174NO8+. The van der Waals surface area contributed by atoms with E-state index in [0.29, 0.717) is 17.4 Å². The Morgan fingerprint density at radius 3 is 0.800 bits per heavy atom. The average molecular weight is 1410 g/mol. The summed E-state index contributed by atoms with van der Waals surface area (Å²) in [5, 5.41) is 9.79. The molecular weight excluding hydrogens is 1230 g/mol. The summed E-state index contributed by atoms with van der Waals surface area (Å²) in [6.45, 7) is 4.96. The van der Waals surface area contributed by atoms with Gasteiger partial charge in [-0.1, -0.05) is 442 Å². The summed E-state index contributed by atoms with van der Waals surface area (Å²) < 4.78 is 23.1. The predicted molar refractivity (Wildman–Crippen MR) is 434 cm³/mol. The minimum atomic E-state index is -1.51. The molecule has 0 amide bonds. The van der Waals surface area contributed by atoms with Crippen molar-refractivity contribution >= 4 is 17.9 Å². The van der Waals surface area contributed by atoms with Crippen LogP contribution in [0.1, 0.15) is 470 Å². The van der Waals surface area contributed by atoms with Crippen LogP contribution in [0.4, 0.5) is 0 Å². The van der Waals surface area contributed by atoms with Crippen LogP contribution in [0.25, 0.3) is 0 Å². The van der Waals surface area contributed by atoms with E-state index in [1.807, 2.05) is 21.1 Å². The van der Waals surface area contributed by atoms with Gasteiger partial charge in [0.2, 0.25) is 0 Å². The van der Waals surface area contributed by atoms with Crippen LogP contribution < -0.4 is 0 Å². The van der Waals surface area contributed by atoms with E-state index in [-0.39, 0.29) is 38.2 Å². The normalized spacial score (nSPS) is 12.7. The molecule has 2 unspecified atom stereocenters. The van der Waals surface area contributed by atoms with E-state index in [0.717, 1.165) is 51.4 Å². The second kappa shape index (κ2) is 82.2. The number of hydrogen-bond acceptors (Lipinski definition) is 7. The van der Waals surface area contributed by atoms with Crippen LogP contribution in [0, 0.1) is 0 Å². The second-order valence-corrected chi connectivity index (χ2v) is 31.9. The Kier molecular flexibility index (Phi) is 80.1. The van der Waals surface area contributed by atoms with Crippen LogP contribution in [0.15, 0.2) is 36.5 Å². The Morgan fingerprint density at radius 1 is 0.300 bits per heavy atom. The van der Waals surface area contributed by atoms with Crippen molar-refractivity contribution in [1.29, 1.82) is 0 Å². The fraction of sp³-hybridized carbons (Fsp3) is 0.901. The van der Waals surface area contributed by atoms with Crippen LogP contribution in [-0.2, 0) is 33.3 Å². The number of carboxylic acid groups (broad SMARTS) is 1. The zero-order valence-corrected chi connectivity index (χ0v) is 67.9. The first-order chi connectivity index (χ1) is 49.1. The molecule has 0 fully saturated rings. The Hall–Kier alpha value is -2.49. The number of ether oxygens (including phenoxy) is 4. The molecule has 9 heteroatoms. The van der Waals surface area contributed by atoms with Crippen molar-refractivity contribution in [2.75, 3.05) is 47.5 Å². The third kappa shape index (κ3) is 82.8. The first-order valence-electron chi connectivity index (χ1n) is 44.7. The van der Waals surface area contributed by atoms with E-state index in [9.17, 15) is 19.5 Å². The number of likely N-dealkylation sites (N-methyl/N-ethyl adjacent to an activating group) is 1. The summed E-state index contributed by atoms with van der Waals surface area (Å²) in [6, 6.07) is 0. The van der Waals surface area contributed by atoms with Crippen LogP contribution in [0.2, 0.25) is 0 Å². The molecule has 0 rings (SSSR count). The van der Waals surface area contributed by atoms with Gasteiger partial charge < -0.3 is 28.5 Å². The first kappa shape index (κ1) is 97.5. The summed E-state index contributed by atoms with van der Waals surface area (Å²) >= 11 is 0. The standard InChI is InChI=1S/C91H173NO8/c1-6-8-10-12-14-16-18-20-22-24-26-28-30-32-34-36-38-40-42-44-45-46-48-50-52-54-56-58-60-62-64-66-68-70-72-74-76-78-80-82-89(94)100-87(86-99-91(90(95)96)97-84-83-92(3,4)5)85-98-88(93)81-79-77-75-73-71-69-67-65-63-61-59-57-55-53-51-49-47-43-41-39-37-35-33-31-29-27-25-23-21-19-17-15-13-11-9-7-2/h18,20,24,26,30,32,87,91H,6-17,19,21-23,25,27-29,31,33-86H2,1-5H3/p+1/b20-18-,26-24-,32-30-. The summed E-state index contributed by atoms with van der Waals surface area (Å²) in [4.78, 5) is 37.8. The Bertz CT molecular complexity index is 1740. The van der Waals surface area contributed by atoms with Crippen molar-refractivity contribution in [2.24, 2.45) is 0 Å². The molecule has 590 valence electrons. The van der Waals surface area contributed by atoms with Gasteiger partial charge in [-0.3, -0.25) is 9.59 Å². The summed E-state index contributed by atoms with van der Waals surface area (Å²) in [7, 11) is 6.01. The van der Waals surface area contributed by atoms with Crippen LogP contribution in [0.3, 0.4) is 0 Å². The average Bonchev–Trinajstić information content (AvgIpc) is 1.08. The van der Waals surface area contributed by atoms with Crippen molar-refractivity contribution in [2.45, 2.75) is 482 Å². The zero-order valence-electron chi connectivity index (χ0n) is 67.9. The fourth-order valence-corrected chi connectivity index (χ4v) is 13.9. The van der Waals surface area contributed by atoms with Gasteiger partial charge in [-0.25, -0.2) is 4.79 Å². The first-order valence-corrected chi connectivity index (χ1v) is 44.7. The van der Waals surface area contributed by atoms with Gasteiger partial charge in [-0.05, 0) is 51.4 Å². The molecule has 1 N–H and O–H groups in total. The molecule has 100 heavy (non-hydrogen) atoms. The lowest BCUT2D eigenvalue weighted by molar-refractivity contribution is -0.870. The number of nitrogens with zero attached hydrogens (tertiary/aromatic N) is 1.